The van der Waals surface area contributed by atoms with Gasteiger partial charge in [-0.25, -0.2) is 0 Å². The van der Waals surface area contributed by atoms with Gasteiger partial charge >= 0.3 is 0 Å². The van der Waals surface area contributed by atoms with E-state index < -0.39 is 0 Å². The van der Waals surface area contributed by atoms with Crippen LogP contribution in [0.4, 0.5) is 11.4 Å². The number of ether oxygens (including phenoxy) is 1. The number of hydrogen-bond acceptors (Lipinski definition) is 3. The van der Waals surface area contributed by atoms with E-state index in [1.807, 2.05) is 23.1 Å². The zero-order chi connectivity index (χ0) is 13.9. The summed E-state index contributed by atoms with van der Waals surface area (Å²) in [5.41, 5.74) is 1.58. The largest absolute Gasteiger partial charge is 0.486 e. The minimum absolute atomic E-state index is 0.169. The van der Waals surface area contributed by atoms with Gasteiger partial charge in [-0.3, -0.25) is 9.79 Å². The number of carbonyl (C=O) groups is 1. The zero-order valence-electron chi connectivity index (χ0n) is 11.7. The van der Waals surface area contributed by atoms with E-state index in [2.05, 4.69) is 11.7 Å². The summed E-state index contributed by atoms with van der Waals surface area (Å²) in [6.07, 6.45) is 6.37. The van der Waals surface area contributed by atoms with Crippen LogP contribution in [0.3, 0.4) is 0 Å². The van der Waals surface area contributed by atoms with E-state index >= 15 is 0 Å². The van der Waals surface area contributed by atoms with Crippen molar-refractivity contribution in [2.24, 2.45) is 4.99 Å². The predicted molar refractivity (Wildman–Crippen MR) is 80.1 cm³/mol. The SMILES string of the molecule is C=Nc1cccc(N2CCCC2=O)c1OC1CCCC1. The summed E-state index contributed by atoms with van der Waals surface area (Å²) in [4.78, 5) is 17.9. The number of para-hydroxylation sites is 1. The van der Waals surface area contributed by atoms with Crippen LogP contribution in [0.5, 0.6) is 5.75 Å². The molecule has 3 rings (SSSR count). The fourth-order valence-corrected chi connectivity index (χ4v) is 3.05. The maximum Gasteiger partial charge on any atom is 0.227 e. The number of benzene rings is 1. The molecule has 4 nitrogen and oxygen atoms in total. The molecule has 20 heavy (non-hydrogen) atoms. The molecule has 0 unspecified atom stereocenters. The van der Waals surface area contributed by atoms with Crippen LogP contribution in [-0.4, -0.2) is 25.3 Å². The number of hydrogen-bond donors (Lipinski definition) is 0. The lowest BCUT2D eigenvalue weighted by Gasteiger charge is -2.23. The van der Waals surface area contributed by atoms with Gasteiger partial charge in [-0.15, -0.1) is 0 Å². The highest BCUT2D eigenvalue weighted by Gasteiger charge is 2.27. The Kier molecular flexibility index (Phi) is 3.72. The van der Waals surface area contributed by atoms with Crippen LogP contribution in [0.2, 0.25) is 0 Å². The highest BCUT2D eigenvalue weighted by molar-refractivity contribution is 5.97. The van der Waals surface area contributed by atoms with Gasteiger partial charge in [0.05, 0.1) is 11.8 Å². The summed E-state index contributed by atoms with van der Waals surface area (Å²) in [7, 11) is 0. The first-order valence-electron chi connectivity index (χ1n) is 7.36. The van der Waals surface area contributed by atoms with Crippen molar-refractivity contribution in [1.82, 2.24) is 0 Å². The molecule has 1 aliphatic carbocycles. The molecule has 1 heterocycles. The van der Waals surface area contributed by atoms with Gasteiger partial charge in [0.25, 0.3) is 0 Å². The molecule has 1 aromatic rings. The van der Waals surface area contributed by atoms with Gasteiger partial charge in [0.15, 0.2) is 5.75 Å². The Labute approximate surface area is 119 Å². The molecule has 0 spiro atoms. The van der Waals surface area contributed by atoms with Gasteiger partial charge < -0.3 is 9.64 Å². The highest BCUT2D eigenvalue weighted by Crippen LogP contribution is 2.41. The highest BCUT2D eigenvalue weighted by atomic mass is 16.5. The third-order valence-electron chi connectivity index (χ3n) is 4.09. The Bertz CT molecular complexity index is 521. The first-order valence-corrected chi connectivity index (χ1v) is 7.36. The second kappa shape index (κ2) is 5.65. The number of amides is 1. The van der Waals surface area contributed by atoms with Crippen molar-refractivity contribution >= 4 is 24.0 Å². The van der Waals surface area contributed by atoms with E-state index in [1.54, 1.807) is 0 Å². The average molecular weight is 272 g/mol. The lowest BCUT2D eigenvalue weighted by molar-refractivity contribution is -0.117. The molecule has 1 saturated heterocycles. The molecule has 0 atom stereocenters. The number of nitrogens with zero attached hydrogens (tertiary/aromatic N) is 2. The van der Waals surface area contributed by atoms with Crippen LogP contribution >= 0.6 is 0 Å². The molecule has 106 valence electrons. The summed E-state index contributed by atoms with van der Waals surface area (Å²) in [6, 6.07) is 5.75. The fraction of sp³-hybridized carbons (Fsp3) is 0.500. The minimum atomic E-state index is 0.169. The fourth-order valence-electron chi connectivity index (χ4n) is 3.05. The average Bonchev–Trinajstić information content (AvgIpc) is 3.11. The molecule has 1 aliphatic heterocycles. The van der Waals surface area contributed by atoms with E-state index in [-0.39, 0.29) is 12.0 Å². The monoisotopic (exact) mass is 272 g/mol. The third kappa shape index (κ3) is 2.42. The molecule has 0 N–H and O–H groups in total. The van der Waals surface area contributed by atoms with Gasteiger partial charge in [-0.05, 0) is 51.0 Å². The van der Waals surface area contributed by atoms with Crippen LogP contribution in [0.1, 0.15) is 38.5 Å². The molecular formula is C16H20N2O2. The Morgan fingerprint density at radius 3 is 2.70 bits per heavy atom. The van der Waals surface area contributed by atoms with Crippen LogP contribution in [0, 0.1) is 0 Å². The third-order valence-corrected chi connectivity index (χ3v) is 4.09. The van der Waals surface area contributed by atoms with Crippen molar-refractivity contribution in [3.63, 3.8) is 0 Å². The van der Waals surface area contributed by atoms with E-state index in [4.69, 9.17) is 4.74 Å². The zero-order valence-corrected chi connectivity index (χ0v) is 11.7. The summed E-state index contributed by atoms with van der Waals surface area (Å²) >= 11 is 0. The van der Waals surface area contributed by atoms with Crippen molar-refractivity contribution in [1.29, 1.82) is 0 Å². The number of rotatable bonds is 4. The van der Waals surface area contributed by atoms with E-state index in [0.29, 0.717) is 6.42 Å². The molecule has 1 amide bonds. The Balaban J connectivity index is 1.95. The summed E-state index contributed by atoms with van der Waals surface area (Å²) in [5, 5.41) is 0. The molecule has 1 saturated carbocycles. The van der Waals surface area contributed by atoms with Crippen molar-refractivity contribution < 1.29 is 9.53 Å². The molecule has 1 aromatic carbocycles. The molecular weight excluding hydrogens is 252 g/mol. The maximum atomic E-state index is 12.0. The number of anilines is 1. The van der Waals surface area contributed by atoms with Gasteiger partial charge in [0.1, 0.15) is 5.69 Å². The molecule has 2 aliphatic rings. The Morgan fingerprint density at radius 2 is 2.05 bits per heavy atom. The predicted octanol–water partition coefficient (Wildman–Crippen LogP) is 3.47. The van der Waals surface area contributed by atoms with E-state index in [1.165, 1.54) is 12.8 Å². The smallest absolute Gasteiger partial charge is 0.227 e. The van der Waals surface area contributed by atoms with Crippen molar-refractivity contribution in [2.75, 3.05) is 11.4 Å². The lowest BCUT2D eigenvalue weighted by atomic mass is 10.2. The molecule has 4 heteroatoms. The summed E-state index contributed by atoms with van der Waals surface area (Å²) in [5.74, 6) is 0.895. The van der Waals surface area contributed by atoms with E-state index in [9.17, 15) is 4.79 Å². The second-order valence-electron chi connectivity index (χ2n) is 5.46. The summed E-state index contributed by atoms with van der Waals surface area (Å²) < 4.78 is 6.16. The van der Waals surface area contributed by atoms with Crippen LogP contribution in [0.15, 0.2) is 23.2 Å². The summed E-state index contributed by atoms with van der Waals surface area (Å²) in [6.45, 7) is 4.38. The van der Waals surface area contributed by atoms with Crippen LogP contribution in [0.25, 0.3) is 0 Å². The van der Waals surface area contributed by atoms with Crippen molar-refractivity contribution in [3.05, 3.63) is 18.2 Å². The molecule has 0 bridgehead atoms. The molecule has 2 fully saturated rings. The van der Waals surface area contributed by atoms with E-state index in [0.717, 1.165) is 42.9 Å². The van der Waals surface area contributed by atoms with Gasteiger partial charge in [0.2, 0.25) is 5.91 Å². The van der Waals surface area contributed by atoms with Gasteiger partial charge in [-0.1, -0.05) is 6.07 Å². The van der Waals surface area contributed by atoms with Crippen LogP contribution < -0.4 is 9.64 Å². The number of carbonyl (C=O) groups excluding carboxylic acids is 1. The lowest BCUT2D eigenvalue weighted by Crippen LogP contribution is -2.25. The Hall–Kier alpha value is -1.84. The van der Waals surface area contributed by atoms with Crippen molar-refractivity contribution in [2.45, 2.75) is 44.6 Å². The van der Waals surface area contributed by atoms with Gasteiger partial charge in [0, 0.05) is 13.0 Å². The topological polar surface area (TPSA) is 41.9 Å². The Morgan fingerprint density at radius 1 is 1.25 bits per heavy atom. The minimum Gasteiger partial charge on any atom is -0.486 e. The molecule has 0 radical (unpaired) electrons. The molecule has 0 aromatic heterocycles. The standard InChI is InChI=1S/C16H20N2O2/c1-17-13-8-4-9-14(18-11-5-10-15(18)19)16(13)20-12-6-2-3-7-12/h4,8-9,12H,1-3,5-7,10-11H2. The second-order valence-corrected chi connectivity index (χ2v) is 5.46. The number of aliphatic imine (C=N–C) groups is 1. The van der Waals surface area contributed by atoms with Gasteiger partial charge in [-0.2, -0.15) is 0 Å². The first-order chi connectivity index (χ1) is 9.79. The normalized spacial score (nSPS) is 19.6. The maximum absolute atomic E-state index is 12.0. The first kappa shape index (κ1) is 13.2. The quantitative estimate of drug-likeness (QED) is 0.788. The van der Waals surface area contributed by atoms with Crippen molar-refractivity contribution in [3.8, 4) is 5.75 Å². The van der Waals surface area contributed by atoms with Crippen LogP contribution in [-0.2, 0) is 4.79 Å².